The predicted octanol–water partition coefficient (Wildman–Crippen LogP) is 2.04. The predicted molar refractivity (Wildman–Crippen MR) is 70.0 cm³/mol. The fourth-order valence-electron chi connectivity index (χ4n) is 1.56. The van der Waals surface area contributed by atoms with E-state index in [-0.39, 0.29) is 12.5 Å². The van der Waals surface area contributed by atoms with Crippen LogP contribution >= 0.6 is 15.9 Å². The van der Waals surface area contributed by atoms with Crippen molar-refractivity contribution >= 4 is 32.7 Å². The van der Waals surface area contributed by atoms with Gasteiger partial charge >= 0.3 is 0 Å². The van der Waals surface area contributed by atoms with Gasteiger partial charge in [-0.3, -0.25) is 4.79 Å². The van der Waals surface area contributed by atoms with Crippen LogP contribution in [-0.2, 0) is 0 Å². The molecule has 1 unspecified atom stereocenters. The van der Waals surface area contributed by atoms with E-state index in [1.54, 1.807) is 13.0 Å². The van der Waals surface area contributed by atoms with Crippen molar-refractivity contribution in [2.24, 2.45) is 0 Å². The van der Waals surface area contributed by atoms with Crippen LogP contribution < -0.4 is 5.32 Å². The van der Waals surface area contributed by atoms with Crippen LogP contribution in [0.4, 0.5) is 0 Å². The Morgan fingerprint density at radius 3 is 3.00 bits per heavy atom. The van der Waals surface area contributed by atoms with Crippen molar-refractivity contribution in [1.29, 1.82) is 0 Å². The number of benzene rings is 1. The van der Waals surface area contributed by atoms with Gasteiger partial charge in [-0.2, -0.15) is 0 Å². The molecule has 0 aliphatic heterocycles. The van der Waals surface area contributed by atoms with Crippen molar-refractivity contribution in [2.75, 3.05) is 6.54 Å². The number of nitrogens with one attached hydrogen (secondary N) is 2. The second-order valence-electron chi connectivity index (χ2n) is 3.97. The van der Waals surface area contributed by atoms with E-state index in [2.05, 4.69) is 26.2 Å². The molecule has 0 bridgehead atoms. The highest BCUT2D eigenvalue weighted by Gasteiger charge is 2.09. The third kappa shape index (κ3) is 2.87. The molecular formula is C12H13BrN2O2. The number of H-pyrrole nitrogens is 1. The molecule has 0 spiro atoms. The van der Waals surface area contributed by atoms with Crippen molar-refractivity contribution in [1.82, 2.24) is 10.3 Å². The summed E-state index contributed by atoms with van der Waals surface area (Å²) in [5.41, 5.74) is 1.41. The van der Waals surface area contributed by atoms with Crippen LogP contribution in [0.3, 0.4) is 0 Å². The molecule has 0 fully saturated rings. The Labute approximate surface area is 107 Å². The lowest BCUT2D eigenvalue weighted by Gasteiger charge is -2.05. The minimum absolute atomic E-state index is 0.210. The van der Waals surface area contributed by atoms with Crippen LogP contribution in [0.25, 0.3) is 10.9 Å². The number of aromatic nitrogens is 1. The zero-order chi connectivity index (χ0) is 12.4. The molecule has 0 radical (unpaired) electrons. The summed E-state index contributed by atoms with van der Waals surface area (Å²) in [4.78, 5) is 14.8. The summed E-state index contributed by atoms with van der Waals surface area (Å²) in [5.74, 6) is -0.210. The zero-order valence-electron chi connectivity index (χ0n) is 9.33. The largest absolute Gasteiger partial charge is 0.392 e. The highest BCUT2D eigenvalue weighted by atomic mass is 79.9. The summed E-state index contributed by atoms with van der Waals surface area (Å²) in [5, 5.41) is 12.7. The monoisotopic (exact) mass is 296 g/mol. The molecule has 0 saturated carbocycles. The molecule has 1 aromatic carbocycles. The average molecular weight is 297 g/mol. The quantitative estimate of drug-likeness (QED) is 0.811. The van der Waals surface area contributed by atoms with Crippen molar-refractivity contribution in [3.05, 3.63) is 34.4 Å². The molecule has 17 heavy (non-hydrogen) atoms. The SMILES string of the molecule is CC(O)CNC(=O)c1cc2cc(Br)ccc2[nH]1. The molecule has 4 nitrogen and oxygen atoms in total. The zero-order valence-corrected chi connectivity index (χ0v) is 10.9. The van der Waals surface area contributed by atoms with Gasteiger partial charge in [0.1, 0.15) is 5.69 Å². The van der Waals surface area contributed by atoms with E-state index in [9.17, 15) is 4.79 Å². The third-order valence-electron chi connectivity index (χ3n) is 2.39. The first-order valence-corrected chi connectivity index (χ1v) is 6.10. The molecule has 1 atom stereocenters. The molecule has 5 heteroatoms. The van der Waals surface area contributed by atoms with Crippen LogP contribution in [0.1, 0.15) is 17.4 Å². The van der Waals surface area contributed by atoms with Crippen LogP contribution in [-0.4, -0.2) is 28.6 Å². The lowest BCUT2D eigenvalue weighted by Crippen LogP contribution is -2.30. The van der Waals surface area contributed by atoms with Gasteiger partial charge in [-0.15, -0.1) is 0 Å². The summed E-state index contributed by atoms with van der Waals surface area (Å²) in [7, 11) is 0. The van der Waals surface area contributed by atoms with Crippen LogP contribution in [0.15, 0.2) is 28.7 Å². The molecule has 0 saturated heterocycles. The van der Waals surface area contributed by atoms with Gasteiger partial charge in [0, 0.05) is 21.9 Å². The smallest absolute Gasteiger partial charge is 0.267 e. The van der Waals surface area contributed by atoms with E-state index < -0.39 is 6.10 Å². The average Bonchev–Trinajstić information content (AvgIpc) is 2.68. The van der Waals surface area contributed by atoms with E-state index >= 15 is 0 Å². The van der Waals surface area contributed by atoms with Crippen molar-refractivity contribution in [3.8, 4) is 0 Å². The molecule has 0 aliphatic carbocycles. The fraction of sp³-hybridized carbons (Fsp3) is 0.250. The second-order valence-corrected chi connectivity index (χ2v) is 4.89. The number of hydrogen-bond acceptors (Lipinski definition) is 2. The minimum atomic E-state index is -0.544. The van der Waals surface area contributed by atoms with Gasteiger partial charge in [0.2, 0.25) is 0 Å². The first-order chi connectivity index (χ1) is 8.06. The lowest BCUT2D eigenvalue weighted by atomic mass is 10.2. The molecule has 1 amide bonds. The Balaban J connectivity index is 2.21. The molecule has 3 N–H and O–H groups in total. The molecule has 1 aromatic heterocycles. The Bertz CT molecular complexity index is 548. The molecule has 0 aliphatic rings. The minimum Gasteiger partial charge on any atom is -0.392 e. The number of fused-ring (bicyclic) bond motifs is 1. The number of rotatable bonds is 3. The summed E-state index contributed by atoms with van der Waals surface area (Å²) < 4.78 is 0.972. The van der Waals surface area contributed by atoms with Gasteiger partial charge in [-0.1, -0.05) is 15.9 Å². The fourth-order valence-corrected chi connectivity index (χ4v) is 1.94. The number of aliphatic hydroxyl groups is 1. The van der Waals surface area contributed by atoms with Gasteiger partial charge in [0.05, 0.1) is 6.10 Å². The number of halogens is 1. The van der Waals surface area contributed by atoms with Crippen molar-refractivity contribution in [3.63, 3.8) is 0 Å². The highest BCUT2D eigenvalue weighted by Crippen LogP contribution is 2.20. The molecule has 2 aromatic rings. The highest BCUT2D eigenvalue weighted by molar-refractivity contribution is 9.10. The Hall–Kier alpha value is -1.33. The van der Waals surface area contributed by atoms with E-state index in [1.165, 1.54) is 0 Å². The molecule has 2 rings (SSSR count). The Morgan fingerprint density at radius 1 is 1.53 bits per heavy atom. The van der Waals surface area contributed by atoms with Crippen molar-refractivity contribution in [2.45, 2.75) is 13.0 Å². The van der Waals surface area contributed by atoms with E-state index in [0.717, 1.165) is 15.4 Å². The summed E-state index contributed by atoms with van der Waals surface area (Å²) >= 11 is 3.38. The topological polar surface area (TPSA) is 65.1 Å². The number of aromatic amines is 1. The van der Waals surface area contributed by atoms with Gasteiger partial charge < -0.3 is 15.4 Å². The normalized spacial score (nSPS) is 12.6. The van der Waals surface area contributed by atoms with Crippen LogP contribution in [0.2, 0.25) is 0 Å². The van der Waals surface area contributed by atoms with Crippen LogP contribution in [0.5, 0.6) is 0 Å². The van der Waals surface area contributed by atoms with E-state index in [1.807, 2.05) is 18.2 Å². The van der Waals surface area contributed by atoms with Gasteiger partial charge in [-0.25, -0.2) is 0 Å². The van der Waals surface area contributed by atoms with E-state index in [0.29, 0.717) is 5.69 Å². The lowest BCUT2D eigenvalue weighted by molar-refractivity contribution is 0.0920. The number of amides is 1. The standard InChI is InChI=1S/C12H13BrN2O2/c1-7(16)6-14-12(17)11-5-8-4-9(13)2-3-10(8)15-11/h2-5,7,15-16H,6H2,1H3,(H,14,17). The first kappa shape index (κ1) is 12.1. The maximum Gasteiger partial charge on any atom is 0.267 e. The third-order valence-corrected chi connectivity index (χ3v) is 2.88. The van der Waals surface area contributed by atoms with Crippen LogP contribution in [0, 0.1) is 0 Å². The number of carbonyl (C=O) groups excluding carboxylic acids is 1. The molecule has 1 heterocycles. The Morgan fingerprint density at radius 2 is 2.29 bits per heavy atom. The number of aliphatic hydroxyl groups excluding tert-OH is 1. The van der Waals surface area contributed by atoms with E-state index in [4.69, 9.17) is 5.11 Å². The van der Waals surface area contributed by atoms with Crippen molar-refractivity contribution < 1.29 is 9.90 Å². The second kappa shape index (κ2) is 4.89. The summed E-state index contributed by atoms with van der Waals surface area (Å²) in [6, 6.07) is 7.55. The Kier molecular flexibility index (Phi) is 3.49. The number of carbonyl (C=O) groups is 1. The maximum absolute atomic E-state index is 11.7. The van der Waals surface area contributed by atoms with Gasteiger partial charge in [0.15, 0.2) is 0 Å². The maximum atomic E-state index is 11.7. The number of hydrogen-bond donors (Lipinski definition) is 3. The van der Waals surface area contributed by atoms with Gasteiger partial charge in [0.25, 0.3) is 5.91 Å². The first-order valence-electron chi connectivity index (χ1n) is 5.31. The van der Waals surface area contributed by atoms with Gasteiger partial charge in [-0.05, 0) is 31.2 Å². The summed E-state index contributed by atoms with van der Waals surface area (Å²) in [6.07, 6.45) is -0.544. The summed E-state index contributed by atoms with van der Waals surface area (Å²) in [6.45, 7) is 1.88. The molecular weight excluding hydrogens is 284 g/mol. The molecule has 90 valence electrons.